The monoisotopic (exact) mass is 424 g/mol. The number of nitrogens with zero attached hydrogens (tertiary/aromatic N) is 4. The third-order valence-corrected chi connectivity index (χ3v) is 8.03. The molecule has 1 aliphatic carbocycles. The predicted molar refractivity (Wildman–Crippen MR) is 114 cm³/mol. The quantitative estimate of drug-likeness (QED) is 0.629. The molecule has 0 bridgehead atoms. The van der Waals surface area contributed by atoms with Crippen LogP contribution in [0.4, 0.5) is 0 Å². The maximum atomic E-state index is 13.3. The molecule has 2 aliphatic rings. The van der Waals surface area contributed by atoms with Crippen LogP contribution in [0.15, 0.2) is 58.4 Å². The van der Waals surface area contributed by atoms with Gasteiger partial charge in [-0.25, -0.2) is 13.1 Å². The highest BCUT2D eigenvalue weighted by Crippen LogP contribution is 2.38. The van der Waals surface area contributed by atoms with Gasteiger partial charge in [0, 0.05) is 43.2 Å². The van der Waals surface area contributed by atoms with Crippen molar-refractivity contribution in [3.8, 4) is 0 Å². The maximum Gasteiger partial charge on any atom is 0.266 e. The Morgan fingerprint density at radius 3 is 2.50 bits per heavy atom. The summed E-state index contributed by atoms with van der Waals surface area (Å²) < 4.78 is 29.6. The lowest BCUT2D eigenvalue weighted by Crippen LogP contribution is -2.40. The van der Waals surface area contributed by atoms with E-state index < -0.39 is 10.0 Å². The average molecular weight is 425 g/mol. The van der Waals surface area contributed by atoms with Gasteiger partial charge < -0.3 is 0 Å². The summed E-state index contributed by atoms with van der Waals surface area (Å²) in [6.07, 6.45) is 5.32. The van der Waals surface area contributed by atoms with Crippen molar-refractivity contribution < 1.29 is 8.42 Å². The van der Waals surface area contributed by atoms with Crippen molar-refractivity contribution in [1.29, 1.82) is 0 Å². The number of benzene rings is 1. The molecule has 0 amide bonds. The Morgan fingerprint density at radius 1 is 0.967 bits per heavy atom. The molecule has 3 aromatic rings. The van der Waals surface area contributed by atoms with Crippen LogP contribution in [-0.2, 0) is 16.6 Å². The number of piperidine rings is 1. The molecule has 1 saturated carbocycles. The van der Waals surface area contributed by atoms with E-state index >= 15 is 0 Å². The van der Waals surface area contributed by atoms with Crippen LogP contribution in [0.2, 0.25) is 0 Å². The van der Waals surface area contributed by atoms with Gasteiger partial charge in [-0.05, 0) is 49.8 Å². The zero-order chi connectivity index (χ0) is 20.7. The van der Waals surface area contributed by atoms with E-state index in [9.17, 15) is 13.2 Å². The normalized spacial score (nSPS) is 18.7. The lowest BCUT2D eigenvalue weighted by atomic mass is 9.98. The second-order valence-corrected chi connectivity index (χ2v) is 10.1. The van der Waals surface area contributed by atoms with Crippen molar-refractivity contribution in [2.45, 2.75) is 43.0 Å². The van der Waals surface area contributed by atoms with E-state index in [0.717, 1.165) is 23.9 Å². The van der Waals surface area contributed by atoms with Gasteiger partial charge in [0.15, 0.2) is 0 Å². The van der Waals surface area contributed by atoms with E-state index in [1.807, 2.05) is 18.2 Å². The summed E-state index contributed by atoms with van der Waals surface area (Å²) in [5, 5.41) is 5.36. The van der Waals surface area contributed by atoms with E-state index in [1.54, 1.807) is 39.4 Å². The third-order valence-electron chi connectivity index (χ3n) is 6.10. The first-order chi connectivity index (χ1) is 14.5. The molecular weight excluding hydrogens is 400 g/mol. The summed E-state index contributed by atoms with van der Waals surface area (Å²) in [5.41, 5.74) is 1.42. The number of aromatic nitrogens is 3. The Hall–Kier alpha value is -2.58. The van der Waals surface area contributed by atoms with Gasteiger partial charge in [0.05, 0.1) is 11.2 Å². The van der Waals surface area contributed by atoms with Crippen molar-refractivity contribution in [2.75, 3.05) is 13.1 Å². The van der Waals surface area contributed by atoms with Gasteiger partial charge in [-0.1, -0.05) is 18.2 Å². The Morgan fingerprint density at radius 2 is 1.73 bits per heavy atom. The summed E-state index contributed by atoms with van der Waals surface area (Å²) in [6, 6.07) is 12.4. The molecule has 1 aliphatic heterocycles. The Kier molecular flexibility index (Phi) is 4.91. The molecule has 0 N–H and O–H groups in total. The number of fused-ring (bicyclic) bond motifs is 1. The van der Waals surface area contributed by atoms with Crippen LogP contribution in [0.25, 0.3) is 10.9 Å². The molecule has 2 aromatic heterocycles. The zero-order valence-electron chi connectivity index (χ0n) is 16.6. The van der Waals surface area contributed by atoms with Gasteiger partial charge >= 0.3 is 0 Å². The summed E-state index contributed by atoms with van der Waals surface area (Å²) in [5.74, 6) is 0.736. The highest BCUT2D eigenvalue weighted by molar-refractivity contribution is 7.89. The van der Waals surface area contributed by atoms with Crippen LogP contribution in [0.1, 0.15) is 37.3 Å². The van der Waals surface area contributed by atoms with Gasteiger partial charge in [-0.15, -0.1) is 0 Å². The molecule has 1 saturated heterocycles. The SMILES string of the molecule is O=c1ccc(C2CC2)nn1CC1CCN(S(=O)(=O)c2cccc3cccnc23)CC1. The molecule has 0 unspecified atom stereocenters. The molecule has 156 valence electrons. The lowest BCUT2D eigenvalue weighted by molar-refractivity contribution is 0.244. The Labute approximate surface area is 175 Å². The second-order valence-electron chi connectivity index (χ2n) is 8.23. The number of pyridine rings is 1. The van der Waals surface area contributed by atoms with Gasteiger partial charge in [0.25, 0.3) is 5.56 Å². The fourth-order valence-electron chi connectivity index (χ4n) is 4.19. The van der Waals surface area contributed by atoms with E-state index in [1.165, 1.54) is 0 Å². The van der Waals surface area contributed by atoms with Crippen LogP contribution in [0.5, 0.6) is 0 Å². The summed E-state index contributed by atoms with van der Waals surface area (Å²) in [4.78, 5) is 16.8. The van der Waals surface area contributed by atoms with Crippen molar-refractivity contribution >= 4 is 20.9 Å². The van der Waals surface area contributed by atoms with Gasteiger partial charge in [-0.2, -0.15) is 9.40 Å². The number of rotatable bonds is 5. The largest absolute Gasteiger partial charge is 0.268 e. The molecule has 30 heavy (non-hydrogen) atoms. The maximum absolute atomic E-state index is 13.3. The number of hydrogen-bond acceptors (Lipinski definition) is 5. The Bertz CT molecular complexity index is 1240. The van der Waals surface area contributed by atoms with Crippen molar-refractivity contribution in [2.24, 2.45) is 5.92 Å². The van der Waals surface area contributed by atoms with E-state index in [-0.39, 0.29) is 16.4 Å². The van der Waals surface area contributed by atoms with Gasteiger partial charge in [0.2, 0.25) is 10.0 Å². The first-order valence-electron chi connectivity index (χ1n) is 10.4. The molecule has 0 atom stereocenters. The molecule has 0 spiro atoms. The predicted octanol–water partition coefficient (Wildman–Crippen LogP) is 2.77. The van der Waals surface area contributed by atoms with Crippen LogP contribution in [0.3, 0.4) is 0 Å². The second kappa shape index (κ2) is 7.59. The molecule has 0 radical (unpaired) electrons. The molecule has 1 aromatic carbocycles. The van der Waals surface area contributed by atoms with Crippen LogP contribution in [-0.4, -0.2) is 40.6 Å². The minimum atomic E-state index is -3.62. The minimum absolute atomic E-state index is 0.0868. The summed E-state index contributed by atoms with van der Waals surface area (Å²) >= 11 is 0. The lowest BCUT2D eigenvalue weighted by Gasteiger charge is -2.31. The topological polar surface area (TPSA) is 85.2 Å². The fourth-order valence-corrected chi connectivity index (χ4v) is 5.83. The van der Waals surface area contributed by atoms with Crippen molar-refractivity contribution in [3.63, 3.8) is 0 Å². The molecule has 7 nitrogen and oxygen atoms in total. The number of sulfonamides is 1. The smallest absolute Gasteiger partial charge is 0.266 e. The first-order valence-corrected chi connectivity index (χ1v) is 11.9. The highest BCUT2D eigenvalue weighted by atomic mass is 32.2. The van der Waals surface area contributed by atoms with Crippen LogP contribution in [0, 0.1) is 5.92 Å². The molecule has 3 heterocycles. The molecular formula is C22H24N4O3S. The fraction of sp³-hybridized carbons (Fsp3) is 0.409. The molecule has 8 heteroatoms. The number of hydrogen-bond donors (Lipinski definition) is 0. The number of para-hydroxylation sites is 1. The molecule has 5 rings (SSSR count). The highest BCUT2D eigenvalue weighted by Gasteiger charge is 2.31. The van der Waals surface area contributed by atoms with Crippen molar-refractivity contribution in [1.82, 2.24) is 19.1 Å². The molecule has 2 fully saturated rings. The summed E-state index contributed by atoms with van der Waals surface area (Å²) in [7, 11) is -3.62. The average Bonchev–Trinajstić information content (AvgIpc) is 3.61. The van der Waals surface area contributed by atoms with Crippen LogP contribution >= 0.6 is 0 Å². The van der Waals surface area contributed by atoms with E-state index in [4.69, 9.17) is 0 Å². The van der Waals surface area contributed by atoms with E-state index in [2.05, 4.69) is 10.1 Å². The van der Waals surface area contributed by atoms with Crippen molar-refractivity contribution in [3.05, 3.63) is 64.7 Å². The first kappa shape index (κ1) is 19.4. The Balaban J connectivity index is 1.31. The standard InChI is InChI=1S/C22H24N4O3S/c27-21-9-8-19(17-6-7-17)24-26(21)15-16-10-13-25(14-11-16)30(28,29)20-5-1-3-18-4-2-12-23-22(18)20/h1-5,8-9,12,16-17H,6-7,10-11,13-15H2. The van der Waals surface area contributed by atoms with Gasteiger partial charge in [-0.3, -0.25) is 9.78 Å². The summed E-state index contributed by atoms with van der Waals surface area (Å²) in [6.45, 7) is 1.42. The van der Waals surface area contributed by atoms with E-state index in [0.29, 0.717) is 43.9 Å². The zero-order valence-corrected chi connectivity index (χ0v) is 17.5. The third kappa shape index (κ3) is 3.65. The minimum Gasteiger partial charge on any atom is -0.268 e. The van der Waals surface area contributed by atoms with Gasteiger partial charge in [0.1, 0.15) is 4.90 Å². The van der Waals surface area contributed by atoms with Crippen LogP contribution < -0.4 is 5.56 Å².